The SMILES string of the molecule is O=C(Nc1ccc(Cl)cn1)C1CCN(C(=O)c2nn(-c3ccc(F)cc3)c3c2CCCC3)CC1. The highest BCUT2D eigenvalue weighted by Crippen LogP contribution is 2.29. The van der Waals surface area contributed by atoms with E-state index in [1.165, 1.54) is 18.3 Å². The lowest BCUT2D eigenvalue weighted by atomic mass is 9.93. The second kappa shape index (κ2) is 9.54. The topological polar surface area (TPSA) is 80.1 Å². The molecule has 0 radical (unpaired) electrons. The molecule has 1 saturated heterocycles. The van der Waals surface area contributed by atoms with Crippen LogP contribution in [0.4, 0.5) is 10.2 Å². The fourth-order valence-electron chi connectivity index (χ4n) is 4.74. The number of amides is 2. The molecule has 1 aromatic carbocycles. The van der Waals surface area contributed by atoms with Crippen LogP contribution in [0.25, 0.3) is 5.69 Å². The van der Waals surface area contributed by atoms with Crippen LogP contribution < -0.4 is 5.32 Å². The van der Waals surface area contributed by atoms with Crippen molar-refractivity contribution in [2.75, 3.05) is 18.4 Å². The lowest BCUT2D eigenvalue weighted by Crippen LogP contribution is -2.42. The number of aromatic nitrogens is 3. The zero-order chi connectivity index (χ0) is 23.7. The number of nitrogens with one attached hydrogen (secondary N) is 1. The summed E-state index contributed by atoms with van der Waals surface area (Å²) < 4.78 is 15.2. The fraction of sp³-hybridized carbons (Fsp3) is 0.360. The minimum absolute atomic E-state index is 0.0973. The van der Waals surface area contributed by atoms with Crippen LogP contribution >= 0.6 is 11.6 Å². The summed E-state index contributed by atoms with van der Waals surface area (Å²) in [7, 11) is 0. The molecule has 2 aliphatic rings. The molecule has 7 nitrogen and oxygen atoms in total. The summed E-state index contributed by atoms with van der Waals surface area (Å²) in [5.74, 6) is -0.227. The number of carbonyl (C=O) groups is 2. The van der Waals surface area contributed by atoms with Crippen LogP contribution in [0.15, 0.2) is 42.6 Å². The number of halogens is 2. The molecule has 3 heterocycles. The van der Waals surface area contributed by atoms with Crippen LogP contribution in [0.2, 0.25) is 5.02 Å². The highest BCUT2D eigenvalue weighted by atomic mass is 35.5. The van der Waals surface area contributed by atoms with Crippen molar-refractivity contribution in [1.82, 2.24) is 19.7 Å². The predicted molar refractivity (Wildman–Crippen MR) is 127 cm³/mol. The van der Waals surface area contributed by atoms with Crippen molar-refractivity contribution in [2.24, 2.45) is 5.92 Å². The van der Waals surface area contributed by atoms with Gasteiger partial charge in [0.05, 0.1) is 10.7 Å². The standard InChI is InChI=1S/C25H25ClFN5O2/c26-17-5-10-22(28-15-17)29-24(33)16-11-13-31(14-12-16)25(34)23-20-3-1-2-4-21(20)32(30-23)19-8-6-18(27)7-9-19/h5-10,15-16H,1-4,11-14H2,(H,28,29,33). The van der Waals surface area contributed by atoms with Gasteiger partial charge >= 0.3 is 0 Å². The first-order chi connectivity index (χ1) is 16.5. The first-order valence-electron chi connectivity index (χ1n) is 11.6. The Morgan fingerprint density at radius 3 is 2.47 bits per heavy atom. The Labute approximate surface area is 201 Å². The smallest absolute Gasteiger partial charge is 0.274 e. The van der Waals surface area contributed by atoms with Crippen LogP contribution in [0.5, 0.6) is 0 Å². The number of piperidine rings is 1. The minimum Gasteiger partial charge on any atom is -0.337 e. The van der Waals surface area contributed by atoms with Gasteiger partial charge in [-0.3, -0.25) is 9.59 Å². The van der Waals surface area contributed by atoms with Crippen molar-refractivity contribution in [3.8, 4) is 5.69 Å². The third kappa shape index (κ3) is 4.55. The Morgan fingerprint density at radius 2 is 1.76 bits per heavy atom. The molecule has 0 unspecified atom stereocenters. The Kier molecular flexibility index (Phi) is 6.32. The van der Waals surface area contributed by atoms with Gasteiger partial charge in [-0.15, -0.1) is 0 Å². The Balaban J connectivity index is 1.28. The van der Waals surface area contributed by atoms with Crippen molar-refractivity contribution in [3.63, 3.8) is 0 Å². The van der Waals surface area contributed by atoms with Gasteiger partial charge in [-0.05, 0) is 74.9 Å². The number of anilines is 1. The van der Waals surface area contributed by atoms with Gasteiger partial charge < -0.3 is 10.2 Å². The van der Waals surface area contributed by atoms with Gasteiger partial charge in [0.2, 0.25) is 5.91 Å². The first-order valence-corrected chi connectivity index (χ1v) is 12.0. The molecule has 0 bridgehead atoms. The molecule has 1 aliphatic heterocycles. The molecule has 9 heteroatoms. The molecule has 0 atom stereocenters. The second-order valence-corrected chi connectivity index (χ2v) is 9.22. The van der Waals surface area contributed by atoms with E-state index in [1.54, 1.807) is 33.8 Å². The summed E-state index contributed by atoms with van der Waals surface area (Å²) >= 11 is 5.85. The molecule has 1 aliphatic carbocycles. The summed E-state index contributed by atoms with van der Waals surface area (Å²) in [6, 6.07) is 9.53. The number of fused-ring (bicyclic) bond motifs is 1. The van der Waals surface area contributed by atoms with Gasteiger partial charge in [0, 0.05) is 36.5 Å². The third-order valence-corrected chi connectivity index (χ3v) is 6.81. The van der Waals surface area contributed by atoms with E-state index < -0.39 is 0 Å². The van der Waals surface area contributed by atoms with Crippen LogP contribution in [0.3, 0.4) is 0 Å². The van der Waals surface area contributed by atoms with E-state index in [0.717, 1.165) is 42.6 Å². The fourth-order valence-corrected chi connectivity index (χ4v) is 4.85. The molecule has 0 spiro atoms. The minimum atomic E-state index is -0.306. The number of likely N-dealkylation sites (tertiary alicyclic amines) is 1. The summed E-state index contributed by atoms with van der Waals surface area (Å²) in [5.41, 5.74) is 3.26. The Hall–Kier alpha value is -3.26. The Bertz CT molecular complexity index is 1200. The Morgan fingerprint density at radius 1 is 1.03 bits per heavy atom. The summed E-state index contributed by atoms with van der Waals surface area (Å²) in [5, 5.41) is 8.02. The third-order valence-electron chi connectivity index (χ3n) is 6.59. The van der Waals surface area contributed by atoms with E-state index in [1.807, 2.05) is 0 Å². The molecule has 0 saturated carbocycles. The summed E-state index contributed by atoms with van der Waals surface area (Å²) in [4.78, 5) is 32.0. The zero-order valence-electron chi connectivity index (χ0n) is 18.6. The molecule has 176 valence electrons. The van der Waals surface area contributed by atoms with E-state index in [2.05, 4.69) is 15.4 Å². The van der Waals surface area contributed by atoms with Gasteiger partial charge in [-0.2, -0.15) is 5.10 Å². The van der Waals surface area contributed by atoms with Gasteiger partial charge in [0.1, 0.15) is 11.6 Å². The first kappa shape index (κ1) is 22.5. The van der Waals surface area contributed by atoms with Crippen molar-refractivity contribution in [2.45, 2.75) is 38.5 Å². The normalized spacial score (nSPS) is 16.2. The van der Waals surface area contributed by atoms with Gasteiger partial charge in [0.15, 0.2) is 5.69 Å². The van der Waals surface area contributed by atoms with Crippen molar-refractivity contribution >= 4 is 29.2 Å². The number of benzene rings is 1. The van der Waals surface area contributed by atoms with E-state index in [-0.39, 0.29) is 23.5 Å². The molecule has 2 amide bonds. The molecule has 1 fully saturated rings. The van der Waals surface area contributed by atoms with Gasteiger partial charge in [-0.1, -0.05) is 11.6 Å². The van der Waals surface area contributed by atoms with E-state index in [4.69, 9.17) is 11.6 Å². The predicted octanol–water partition coefficient (Wildman–Crippen LogP) is 4.43. The number of nitrogens with zero attached hydrogens (tertiary/aromatic N) is 4. The molecular formula is C25H25ClFN5O2. The average molecular weight is 482 g/mol. The van der Waals surface area contributed by atoms with E-state index >= 15 is 0 Å². The van der Waals surface area contributed by atoms with Gasteiger partial charge in [0.25, 0.3) is 5.91 Å². The maximum atomic E-state index is 13.4. The van der Waals surface area contributed by atoms with Crippen LogP contribution in [0.1, 0.15) is 47.4 Å². The van der Waals surface area contributed by atoms with Crippen molar-refractivity contribution in [3.05, 3.63) is 70.4 Å². The lowest BCUT2D eigenvalue weighted by molar-refractivity contribution is -0.121. The lowest BCUT2D eigenvalue weighted by Gasteiger charge is -2.31. The monoisotopic (exact) mass is 481 g/mol. The van der Waals surface area contributed by atoms with Crippen molar-refractivity contribution < 1.29 is 14.0 Å². The largest absolute Gasteiger partial charge is 0.337 e. The molecular weight excluding hydrogens is 457 g/mol. The molecule has 34 heavy (non-hydrogen) atoms. The van der Waals surface area contributed by atoms with Crippen LogP contribution in [0, 0.1) is 11.7 Å². The maximum absolute atomic E-state index is 13.4. The number of rotatable bonds is 4. The number of pyridine rings is 1. The average Bonchev–Trinajstić information content (AvgIpc) is 3.25. The van der Waals surface area contributed by atoms with Crippen molar-refractivity contribution in [1.29, 1.82) is 0 Å². The summed E-state index contributed by atoms with van der Waals surface area (Å²) in [6.45, 7) is 0.978. The molecule has 1 N–H and O–H groups in total. The maximum Gasteiger partial charge on any atom is 0.274 e. The molecule has 5 rings (SSSR count). The molecule has 3 aromatic rings. The molecule has 2 aromatic heterocycles. The quantitative estimate of drug-likeness (QED) is 0.597. The number of hydrogen-bond acceptors (Lipinski definition) is 4. The zero-order valence-corrected chi connectivity index (χ0v) is 19.4. The van der Waals surface area contributed by atoms with E-state index in [9.17, 15) is 14.0 Å². The second-order valence-electron chi connectivity index (χ2n) is 8.79. The number of carbonyl (C=O) groups excluding carboxylic acids is 2. The highest BCUT2D eigenvalue weighted by molar-refractivity contribution is 6.30. The van der Waals surface area contributed by atoms with Crippen LogP contribution in [-0.4, -0.2) is 44.6 Å². The number of hydrogen-bond donors (Lipinski definition) is 1. The summed E-state index contributed by atoms with van der Waals surface area (Å²) in [6.07, 6.45) is 6.35. The van der Waals surface area contributed by atoms with Gasteiger partial charge in [-0.25, -0.2) is 14.1 Å². The van der Waals surface area contributed by atoms with Crippen LogP contribution in [-0.2, 0) is 17.6 Å². The van der Waals surface area contributed by atoms with E-state index in [0.29, 0.717) is 42.5 Å². The highest BCUT2D eigenvalue weighted by Gasteiger charge is 2.32.